The first-order valence-corrected chi connectivity index (χ1v) is 5.07. The Morgan fingerprint density at radius 3 is 2.71 bits per heavy atom. The Morgan fingerprint density at radius 1 is 1.43 bits per heavy atom. The topological polar surface area (TPSA) is 48.2 Å². The average Bonchev–Trinajstić information content (AvgIpc) is 2.63. The van der Waals surface area contributed by atoms with Crippen LogP contribution in [0.1, 0.15) is 32.0 Å². The minimum Gasteiger partial charge on any atom is -0.422 e. The van der Waals surface area contributed by atoms with Crippen LogP contribution >= 0.6 is 11.6 Å². The maximum absolute atomic E-state index is 5.56. The summed E-state index contributed by atoms with van der Waals surface area (Å²) in [6, 6.07) is 0. The van der Waals surface area contributed by atoms with Crippen molar-refractivity contribution < 1.29 is 9.15 Å². The molecule has 1 aromatic rings. The molecular formula is C9H15ClN2O2. The van der Waals surface area contributed by atoms with E-state index in [4.69, 9.17) is 20.8 Å². The fraction of sp³-hybridized carbons (Fsp3) is 0.778. The van der Waals surface area contributed by atoms with Crippen LogP contribution in [0.4, 0.5) is 0 Å². The second-order valence-corrected chi connectivity index (χ2v) is 3.89. The maximum Gasteiger partial charge on any atom is 0.247 e. The fourth-order valence-electron chi connectivity index (χ4n) is 0.903. The van der Waals surface area contributed by atoms with Gasteiger partial charge in [-0.05, 0) is 20.3 Å². The van der Waals surface area contributed by atoms with Crippen LogP contribution in [0, 0.1) is 0 Å². The van der Waals surface area contributed by atoms with E-state index in [1.54, 1.807) is 7.11 Å². The van der Waals surface area contributed by atoms with Gasteiger partial charge in [-0.1, -0.05) is 0 Å². The molecule has 1 heterocycles. The Hall–Kier alpha value is -0.610. The number of alkyl halides is 1. The van der Waals surface area contributed by atoms with Crippen molar-refractivity contribution in [2.75, 3.05) is 13.0 Å². The summed E-state index contributed by atoms with van der Waals surface area (Å²) in [5.74, 6) is 1.72. The number of hydrogen-bond acceptors (Lipinski definition) is 4. The predicted molar refractivity (Wildman–Crippen MR) is 53.4 cm³/mol. The summed E-state index contributed by atoms with van der Waals surface area (Å²) >= 11 is 5.56. The molecule has 0 unspecified atom stereocenters. The summed E-state index contributed by atoms with van der Waals surface area (Å²) in [6.45, 7) is 3.76. The minimum atomic E-state index is -0.522. The zero-order valence-corrected chi connectivity index (χ0v) is 9.47. The molecule has 0 saturated carbocycles. The normalized spacial score (nSPS) is 12.0. The molecule has 0 atom stereocenters. The maximum atomic E-state index is 5.56. The van der Waals surface area contributed by atoms with Gasteiger partial charge in [0.05, 0.1) is 0 Å². The van der Waals surface area contributed by atoms with Gasteiger partial charge in [-0.15, -0.1) is 21.8 Å². The van der Waals surface area contributed by atoms with E-state index < -0.39 is 5.60 Å². The third-order valence-corrected chi connectivity index (χ3v) is 2.28. The van der Waals surface area contributed by atoms with E-state index in [0.717, 1.165) is 12.8 Å². The molecule has 4 nitrogen and oxygen atoms in total. The predicted octanol–water partition coefficient (Wildman–Crippen LogP) is 2.12. The number of ether oxygens (including phenoxy) is 1. The molecule has 0 fully saturated rings. The lowest BCUT2D eigenvalue weighted by Crippen LogP contribution is -2.19. The number of hydrogen-bond donors (Lipinski definition) is 0. The molecule has 1 aromatic heterocycles. The highest BCUT2D eigenvalue weighted by Crippen LogP contribution is 2.22. The van der Waals surface area contributed by atoms with Crippen LogP contribution in [0.15, 0.2) is 4.42 Å². The largest absolute Gasteiger partial charge is 0.422 e. The van der Waals surface area contributed by atoms with Crippen molar-refractivity contribution in [3.8, 4) is 0 Å². The lowest BCUT2D eigenvalue weighted by Gasteiger charge is -2.17. The van der Waals surface area contributed by atoms with Crippen LogP contribution in [-0.4, -0.2) is 23.2 Å². The Balaban J connectivity index is 2.67. The van der Waals surface area contributed by atoms with Gasteiger partial charge >= 0.3 is 0 Å². The summed E-state index contributed by atoms with van der Waals surface area (Å²) in [6.07, 6.45) is 1.56. The van der Waals surface area contributed by atoms with Crippen molar-refractivity contribution in [3.05, 3.63) is 11.8 Å². The fourth-order valence-corrected chi connectivity index (χ4v) is 1.04. The van der Waals surface area contributed by atoms with E-state index >= 15 is 0 Å². The number of aryl methyl sites for hydroxylation is 1. The monoisotopic (exact) mass is 218 g/mol. The molecule has 0 aliphatic carbocycles. The van der Waals surface area contributed by atoms with E-state index in [9.17, 15) is 0 Å². The summed E-state index contributed by atoms with van der Waals surface area (Å²) in [4.78, 5) is 0. The van der Waals surface area contributed by atoms with Gasteiger partial charge < -0.3 is 9.15 Å². The van der Waals surface area contributed by atoms with Crippen LogP contribution < -0.4 is 0 Å². The van der Waals surface area contributed by atoms with Crippen LogP contribution in [0.5, 0.6) is 0 Å². The third-order valence-electron chi connectivity index (χ3n) is 2.02. The molecule has 0 bridgehead atoms. The van der Waals surface area contributed by atoms with Crippen LogP contribution in [0.2, 0.25) is 0 Å². The lowest BCUT2D eigenvalue weighted by atomic mass is 10.1. The highest BCUT2D eigenvalue weighted by Gasteiger charge is 2.26. The quantitative estimate of drug-likeness (QED) is 0.711. The van der Waals surface area contributed by atoms with Gasteiger partial charge in [-0.3, -0.25) is 0 Å². The molecule has 5 heteroatoms. The van der Waals surface area contributed by atoms with Crippen molar-refractivity contribution in [1.29, 1.82) is 0 Å². The first kappa shape index (κ1) is 11.5. The molecule has 0 saturated heterocycles. The summed E-state index contributed by atoms with van der Waals surface area (Å²) in [5.41, 5.74) is -0.522. The van der Waals surface area contributed by atoms with Crippen molar-refractivity contribution in [3.63, 3.8) is 0 Å². The first-order chi connectivity index (χ1) is 6.60. The molecule has 0 aliphatic rings. The lowest BCUT2D eigenvalue weighted by molar-refractivity contribution is -0.00452. The van der Waals surface area contributed by atoms with Gasteiger partial charge in [0, 0.05) is 19.4 Å². The smallest absolute Gasteiger partial charge is 0.247 e. The molecule has 80 valence electrons. The SMILES string of the molecule is COC(C)(C)c1nnc(CCCCl)o1. The highest BCUT2D eigenvalue weighted by molar-refractivity contribution is 6.17. The van der Waals surface area contributed by atoms with Gasteiger partial charge in [0.2, 0.25) is 11.8 Å². The number of aromatic nitrogens is 2. The zero-order chi connectivity index (χ0) is 10.6. The molecule has 1 rings (SSSR count). The Morgan fingerprint density at radius 2 is 2.14 bits per heavy atom. The minimum absolute atomic E-state index is 0.504. The van der Waals surface area contributed by atoms with Gasteiger partial charge in [-0.2, -0.15) is 0 Å². The highest BCUT2D eigenvalue weighted by atomic mass is 35.5. The number of halogens is 1. The van der Waals surface area contributed by atoms with E-state index in [0.29, 0.717) is 17.7 Å². The average molecular weight is 219 g/mol. The molecule has 0 aromatic carbocycles. The standard InChI is InChI=1S/C9H15ClN2O2/c1-9(2,13-3)8-12-11-7(14-8)5-4-6-10/h4-6H2,1-3H3. The Bertz CT molecular complexity index is 286. The number of nitrogens with zero attached hydrogens (tertiary/aromatic N) is 2. The van der Waals surface area contributed by atoms with E-state index in [2.05, 4.69) is 10.2 Å². The molecule has 0 N–H and O–H groups in total. The Kier molecular flexibility index (Phi) is 3.89. The third kappa shape index (κ3) is 2.69. The molecule has 0 radical (unpaired) electrons. The molecular weight excluding hydrogens is 204 g/mol. The van der Waals surface area contributed by atoms with Crippen LogP contribution in [0.3, 0.4) is 0 Å². The Labute approximate surface area is 88.6 Å². The van der Waals surface area contributed by atoms with Crippen molar-refractivity contribution in [1.82, 2.24) is 10.2 Å². The van der Waals surface area contributed by atoms with Gasteiger partial charge in [-0.25, -0.2) is 0 Å². The number of methoxy groups -OCH3 is 1. The first-order valence-electron chi connectivity index (χ1n) is 4.54. The molecule has 0 amide bonds. The van der Waals surface area contributed by atoms with Crippen molar-refractivity contribution >= 4 is 11.6 Å². The van der Waals surface area contributed by atoms with E-state index in [1.807, 2.05) is 13.8 Å². The zero-order valence-electron chi connectivity index (χ0n) is 8.71. The van der Waals surface area contributed by atoms with Crippen LogP contribution in [0.25, 0.3) is 0 Å². The summed E-state index contributed by atoms with van der Waals surface area (Å²) in [7, 11) is 1.61. The molecule has 0 spiro atoms. The second-order valence-electron chi connectivity index (χ2n) is 3.51. The van der Waals surface area contributed by atoms with E-state index in [1.165, 1.54) is 0 Å². The van der Waals surface area contributed by atoms with Crippen LogP contribution in [-0.2, 0) is 16.8 Å². The molecule has 0 aliphatic heterocycles. The van der Waals surface area contributed by atoms with Crippen molar-refractivity contribution in [2.45, 2.75) is 32.3 Å². The van der Waals surface area contributed by atoms with E-state index in [-0.39, 0.29) is 0 Å². The van der Waals surface area contributed by atoms with Gasteiger partial charge in [0.15, 0.2) is 0 Å². The molecule has 14 heavy (non-hydrogen) atoms. The number of rotatable bonds is 5. The summed E-state index contributed by atoms with van der Waals surface area (Å²) in [5, 5.41) is 7.84. The second kappa shape index (κ2) is 4.75. The van der Waals surface area contributed by atoms with Crippen molar-refractivity contribution in [2.24, 2.45) is 0 Å². The van der Waals surface area contributed by atoms with Gasteiger partial charge in [0.25, 0.3) is 0 Å². The summed E-state index contributed by atoms with van der Waals surface area (Å²) < 4.78 is 10.7. The van der Waals surface area contributed by atoms with Gasteiger partial charge in [0.1, 0.15) is 5.60 Å².